The van der Waals surface area contributed by atoms with Crippen molar-refractivity contribution in [1.82, 2.24) is 4.98 Å². The lowest BCUT2D eigenvalue weighted by Gasteiger charge is -2.30. The normalized spacial score (nSPS) is 11.9. The molecule has 0 unspecified atom stereocenters. The number of benzene rings is 2. The Balaban J connectivity index is 2.09. The molecule has 4 rings (SSSR count). The molecule has 0 radical (unpaired) electrons. The first kappa shape index (κ1) is 21.5. The van der Waals surface area contributed by atoms with Crippen LogP contribution in [-0.2, 0) is 5.21 Å². The van der Waals surface area contributed by atoms with Crippen molar-refractivity contribution in [3.8, 4) is 17.3 Å². The standard InChI is InChI=1S/C22H24B6N2O/c1-9(2)22(27,28)14-7-6-11-10-4-3-5-12(19(10)31-20(11)13(14)8-29)18-16(24)15(23)17(25)21(26)30-18/h3-7,9H,23-28H2,1-2H3. The van der Waals surface area contributed by atoms with E-state index in [1.165, 1.54) is 10.9 Å². The first-order valence-electron chi connectivity index (χ1n) is 10.9. The highest BCUT2D eigenvalue weighted by atomic mass is 16.3. The van der Waals surface area contributed by atoms with Gasteiger partial charge in [0.05, 0.1) is 11.3 Å². The van der Waals surface area contributed by atoms with Gasteiger partial charge in [0.2, 0.25) is 0 Å². The van der Waals surface area contributed by atoms with E-state index in [1.54, 1.807) is 0 Å². The van der Waals surface area contributed by atoms with E-state index in [9.17, 15) is 5.26 Å². The summed E-state index contributed by atoms with van der Waals surface area (Å²) in [6.07, 6.45) is 0. The summed E-state index contributed by atoms with van der Waals surface area (Å²) in [4.78, 5) is 4.92. The first-order chi connectivity index (χ1) is 14.6. The minimum Gasteiger partial charge on any atom is -0.454 e. The van der Waals surface area contributed by atoms with E-state index in [0.717, 1.165) is 44.2 Å². The molecule has 0 N–H and O–H groups in total. The van der Waals surface area contributed by atoms with Crippen LogP contribution in [-0.4, -0.2) is 52.1 Å². The fraction of sp³-hybridized carbons (Fsp3) is 0.182. The van der Waals surface area contributed by atoms with Crippen LogP contribution in [0.1, 0.15) is 25.0 Å². The Kier molecular flexibility index (Phi) is 5.16. The SMILES string of the molecule is Bc1nc(-c2cccc3c2oc2c(C#N)c(C(B)(B)C(C)C)ccc23)c(B)c(B)c1B. The zero-order chi connectivity index (χ0) is 22.7. The van der Waals surface area contributed by atoms with Crippen molar-refractivity contribution < 1.29 is 4.42 Å². The van der Waals surface area contributed by atoms with Crippen LogP contribution in [0.4, 0.5) is 0 Å². The fourth-order valence-electron chi connectivity index (χ4n) is 4.34. The number of hydrogen-bond acceptors (Lipinski definition) is 3. The zero-order valence-corrected chi connectivity index (χ0v) is 19.8. The fourth-order valence-corrected chi connectivity index (χ4v) is 4.34. The van der Waals surface area contributed by atoms with E-state index in [4.69, 9.17) is 9.40 Å². The molecular weight excluding hydrogens is 373 g/mol. The smallest absolute Gasteiger partial charge is 0.163 e. The molecule has 0 aliphatic rings. The number of hydrogen-bond donors (Lipinski definition) is 0. The van der Waals surface area contributed by atoms with Crippen LogP contribution in [0, 0.1) is 17.2 Å². The largest absolute Gasteiger partial charge is 0.454 e. The number of fused-ring (bicyclic) bond motifs is 3. The van der Waals surface area contributed by atoms with Gasteiger partial charge in [0.25, 0.3) is 0 Å². The minimum atomic E-state index is -0.135. The van der Waals surface area contributed by atoms with Crippen molar-refractivity contribution in [2.24, 2.45) is 5.92 Å². The molecule has 2 heterocycles. The monoisotopic (exact) mass is 398 g/mol. The van der Waals surface area contributed by atoms with Crippen LogP contribution in [0.5, 0.6) is 0 Å². The lowest BCUT2D eigenvalue weighted by Crippen LogP contribution is -2.49. The van der Waals surface area contributed by atoms with Crippen molar-refractivity contribution in [1.29, 1.82) is 5.26 Å². The second-order valence-corrected chi connectivity index (χ2v) is 9.56. The maximum Gasteiger partial charge on any atom is 0.163 e. The maximum absolute atomic E-state index is 10.1. The number of aromatic nitrogens is 1. The molecule has 9 heteroatoms. The molecule has 0 saturated heterocycles. The molecule has 0 aliphatic carbocycles. The van der Waals surface area contributed by atoms with E-state index < -0.39 is 0 Å². The highest BCUT2D eigenvalue weighted by Gasteiger charge is 2.30. The van der Waals surface area contributed by atoms with E-state index in [1.807, 2.05) is 0 Å². The van der Waals surface area contributed by atoms with Gasteiger partial charge in [-0.25, -0.2) is 0 Å². The second-order valence-electron chi connectivity index (χ2n) is 9.56. The molecule has 2 aromatic heterocycles. The molecule has 0 bridgehead atoms. The number of nitriles is 1. The lowest BCUT2D eigenvalue weighted by atomic mass is 9.45. The molecule has 0 fully saturated rings. The third kappa shape index (κ3) is 3.16. The number of pyridine rings is 1. The van der Waals surface area contributed by atoms with Crippen molar-refractivity contribution in [3.63, 3.8) is 0 Å². The Hall–Kier alpha value is -2.73. The Morgan fingerprint density at radius 2 is 1.61 bits per heavy atom. The van der Waals surface area contributed by atoms with Crippen LogP contribution >= 0.6 is 0 Å². The summed E-state index contributed by atoms with van der Waals surface area (Å²) >= 11 is 0. The molecule has 0 amide bonds. The summed E-state index contributed by atoms with van der Waals surface area (Å²) in [5, 5.41) is 12.0. The van der Waals surface area contributed by atoms with Crippen LogP contribution in [0.3, 0.4) is 0 Å². The summed E-state index contributed by atoms with van der Waals surface area (Å²) in [6, 6.07) is 12.9. The van der Waals surface area contributed by atoms with E-state index in [2.05, 4.69) is 97.3 Å². The third-order valence-electron chi connectivity index (χ3n) is 7.47. The molecule has 0 spiro atoms. The first-order valence-corrected chi connectivity index (χ1v) is 10.9. The van der Waals surface area contributed by atoms with Crippen molar-refractivity contribution in [2.75, 3.05) is 0 Å². The van der Waals surface area contributed by atoms with E-state index in [0.29, 0.717) is 17.1 Å². The molecule has 0 saturated carbocycles. The molecule has 0 atom stereocenters. The van der Waals surface area contributed by atoms with Crippen LogP contribution < -0.4 is 22.0 Å². The van der Waals surface area contributed by atoms with Gasteiger partial charge in [-0.15, -0.1) is 0 Å². The van der Waals surface area contributed by atoms with Crippen LogP contribution in [0.15, 0.2) is 34.7 Å². The van der Waals surface area contributed by atoms with Gasteiger partial charge in [-0.1, -0.05) is 65.6 Å². The predicted molar refractivity (Wildman–Crippen MR) is 148 cm³/mol. The number of para-hydroxylation sites is 1. The molecule has 146 valence electrons. The summed E-state index contributed by atoms with van der Waals surface area (Å²) in [5.74, 6) is 0.391. The van der Waals surface area contributed by atoms with Crippen molar-refractivity contribution >= 4 is 91.0 Å². The molecule has 3 nitrogen and oxygen atoms in total. The Bertz CT molecular complexity index is 1400. The lowest BCUT2D eigenvalue weighted by molar-refractivity contribution is 0.568. The molecule has 2 aromatic carbocycles. The number of furan rings is 1. The van der Waals surface area contributed by atoms with Gasteiger partial charge in [-0.2, -0.15) is 5.26 Å². The van der Waals surface area contributed by atoms with Gasteiger partial charge in [0, 0.05) is 16.3 Å². The average Bonchev–Trinajstić information content (AvgIpc) is 3.13. The third-order valence-corrected chi connectivity index (χ3v) is 7.47. The van der Waals surface area contributed by atoms with Gasteiger partial charge in [-0.3, -0.25) is 4.98 Å². The molecule has 31 heavy (non-hydrogen) atoms. The highest BCUT2D eigenvalue weighted by Crippen LogP contribution is 2.39. The summed E-state index contributed by atoms with van der Waals surface area (Å²) in [5.41, 5.74) is 9.76. The van der Waals surface area contributed by atoms with Crippen molar-refractivity contribution in [2.45, 2.75) is 19.1 Å². The van der Waals surface area contributed by atoms with Gasteiger partial charge in [-0.05, 0) is 17.2 Å². The summed E-state index contributed by atoms with van der Waals surface area (Å²) in [6.45, 7) is 4.39. The topological polar surface area (TPSA) is 49.8 Å². The van der Waals surface area contributed by atoms with E-state index in [-0.39, 0.29) is 5.21 Å². The average molecular weight is 397 g/mol. The highest BCUT2D eigenvalue weighted by molar-refractivity contribution is 6.62. The number of rotatable bonds is 3. The summed E-state index contributed by atoms with van der Waals surface area (Å²) in [7, 11) is 12.8. The quantitative estimate of drug-likeness (QED) is 0.339. The van der Waals surface area contributed by atoms with Gasteiger partial charge in [0.1, 0.15) is 50.9 Å². The summed E-state index contributed by atoms with van der Waals surface area (Å²) < 4.78 is 6.48. The Morgan fingerprint density at radius 3 is 2.26 bits per heavy atom. The molecule has 4 aromatic rings. The van der Waals surface area contributed by atoms with Crippen molar-refractivity contribution in [3.05, 3.63) is 41.5 Å². The molecular formula is C22H24B6N2O. The minimum absolute atomic E-state index is 0.135. The molecule has 0 aliphatic heterocycles. The van der Waals surface area contributed by atoms with Gasteiger partial charge >= 0.3 is 0 Å². The second kappa shape index (κ2) is 7.45. The Morgan fingerprint density at radius 1 is 0.935 bits per heavy atom. The van der Waals surface area contributed by atoms with E-state index >= 15 is 0 Å². The van der Waals surface area contributed by atoms with Crippen LogP contribution in [0.25, 0.3) is 33.2 Å². The predicted octanol–water partition coefficient (Wildman–Crippen LogP) is -3.37. The maximum atomic E-state index is 10.1. The van der Waals surface area contributed by atoms with Gasteiger partial charge < -0.3 is 4.42 Å². The number of nitrogens with zero attached hydrogens (tertiary/aromatic N) is 2. The van der Waals surface area contributed by atoms with Crippen LogP contribution in [0.2, 0.25) is 0 Å². The Labute approximate surface area is 189 Å². The zero-order valence-electron chi connectivity index (χ0n) is 19.8. The van der Waals surface area contributed by atoms with Gasteiger partial charge in [0.15, 0.2) is 13.4 Å².